The lowest BCUT2D eigenvalue weighted by Crippen LogP contribution is -2.51. The summed E-state index contributed by atoms with van der Waals surface area (Å²) < 4.78 is 23.5. The first kappa shape index (κ1) is 28.5. The molecule has 1 unspecified atom stereocenters. The van der Waals surface area contributed by atoms with Crippen LogP contribution in [0.15, 0.2) is 72.8 Å². The molecule has 1 fully saturated rings. The van der Waals surface area contributed by atoms with Crippen LogP contribution in [-0.2, 0) is 18.9 Å². The molecule has 0 spiro atoms. The van der Waals surface area contributed by atoms with Gasteiger partial charge in [0, 0.05) is 0 Å². The van der Waals surface area contributed by atoms with Crippen LogP contribution in [0.25, 0.3) is 0 Å². The fourth-order valence-electron chi connectivity index (χ4n) is 4.50. The van der Waals surface area contributed by atoms with Crippen molar-refractivity contribution in [3.8, 4) is 6.07 Å². The minimum absolute atomic E-state index is 0.154. The van der Waals surface area contributed by atoms with Crippen LogP contribution in [0.4, 0.5) is 0 Å². The third-order valence-electron chi connectivity index (χ3n) is 6.94. The van der Waals surface area contributed by atoms with Gasteiger partial charge in [0.15, 0.2) is 11.7 Å². The third kappa shape index (κ3) is 6.38. The Bertz CT molecular complexity index is 1410. The van der Waals surface area contributed by atoms with E-state index in [2.05, 4.69) is 0 Å². The van der Waals surface area contributed by atoms with Crippen molar-refractivity contribution in [2.45, 2.75) is 58.0 Å². The Morgan fingerprint density at radius 1 is 0.775 bits per heavy atom. The van der Waals surface area contributed by atoms with Crippen LogP contribution in [-0.4, -0.2) is 48.4 Å². The second-order valence-corrected chi connectivity index (χ2v) is 10.1. The maximum absolute atomic E-state index is 13.2. The van der Waals surface area contributed by atoms with Gasteiger partial charge in [0.05, 0.1) is 29.2 Å². The molecule has 8 heteroatoms. The standard InChI is InChI=1S/C32H31NO7/c1-20-5-11-23(12-6-20)29(34)37-19-26-28(39-30(35)24-13-7-21(2)8-14-24)32(4,27(38-26)17-18-33)40-31(36)25-15-9-22(3)10-16-25/h5-16,26-28H,17,19H2,1-4H3/t26?,27-,28-,32+/m1/s1. The zero-order chi connectivity index (χ0) is 28.9. The average molecular weight is 542 g/mol. The zero-order valence-corrected chi connectivity index (χ0v) is 22.9. The van der Waals surface area contributed by atoms with Gasteiger partial charge in [0.1, 0.15) is 18.8 Å². The van der Waals surface area contributed by atoms with Gasteiger partial charge in [-0.15, -0.1) is 0 Å². The Morgan fingerprint density at radius 2 is 1.23 bits per heavy atom. The number of hydrogen-bond donors (Lipinski definition) is 0. The largest absolute Gasteiger partial charge is 0.459 e. The number of esters is 3. The predicted octanol–water partition coefficient (Wildman–Crippen LogP) is 5.29. The third-order valence-corrected chi connectivity index (χ3v) is 6.94. The van der Waals surface area contributed by atoms with Crippen molar-refractivity contribution < 1.29 is 33.3 Å². The molecule has 1 aliphatic rings. The first-order valence-corrected chi connectivity index (χ1v) is 12.9. The number of benzene rings is 3. The summed E-state index contributed by atoms with van der Waals surface area (Å²) in [5.74, 6) is -1.92. The second-order valence-electron chi connectivity index (χ2n) is 10.1. The lowest BCUT2D eigenvalue weighted by atomic mass is 9.90. The molecule has 40 heavy (non-hydrogen) atoms. The molecule has 0 amide bonds. The van der Waals surface area contributed by atoms with Gasteiger partial charge in [-0.2, -0.15) is 5.26 Å². The Balaban J connectivity index is 1.63. The van der Waals surface area contributed by atoms with Gasteiger partial charge >= 0.3 is 17.9 Å². The van der Waals surface area contributed by atoms with Crippen LogP contribution < -0.4 is 0 Å². The van der Waals surface area contributed by atoms with Crippen molar-refractivity contribution >= 4 is 17.9 Å². The zero-order valence-electron chi connectivity index (χ0n) is 22.9. The number of hydrogen-bond acceptors (Lipinski definition) is 8. The van der Waals surface area contributed by atoms with Crippen LogP contribution in [0.2, 0.25) is 0 Å². The van der Waals surface area contributed by atoms with Gasteiger partial charge in [-0.05, 0) is 64.1 Å². The summed E-state index contributed by atoms with van der Waals surface area (Å²) >= 11 is 0. The van der Waals surface area contributed by atoms with Crippen LogP contribution in [0, 0.1) is 32.1 Å². The van der Waals surface area contributed by atoms with Crippen molar-refractivity contribution in [1.82, 2.24) is 0 Å². The van der Waals surface area contributed by atoms with Crippen molar-refractivity contribution in [3.63, 3.8) is 0 Å². The number of aryl methyl sites for hydroxylation is 3. The van der Waals surface area contributed by atoms with Gasteiger partial charge < -0.3 is 18.9 Å². The number of carbonyl (C=O) groups is 3. The van der Waals surface area contributed by atoms with Crippen molar-refractivity contribution in [1.29, 1.82) is 5.26 Å². The minimum Gasteiger partial charge on any atom is -0.459 e. The molecule has 0 bridgehead atoms. The summed E-state index contributed by atoms with van der Waals surface area (Å²) in [6, 6.07) is 22.5. The van der Waals surface area contributed by atoms with E-state index in [1.165, 1.54) is 0 Å². The molecule has 4 atom stereocenters. The Hall–Kier alpha value is -4.48. The van der Waals surface area contributed by atoms with Crippen LogP contribution in [0.5, 0.6) is 0 Å². The number of nitrogens with zero attached hydrogens (tertiary/aromatic N) is 1. The molecule has 3 aromatic rings. The van der Waals surface area contributed by atoms with E-state index in [0.29, 0.717) is 11.1 Å². The van der Waals surface area contributed by atoms with Crippen molar-refractivity contribution in [2.24, 2.45) is 0 Å². The Labute approximate surface area is 233 Å². The van der Waals surface area contributed by atoms with Gasteiger partial charge in [0.2, 0.25) is 0 Å². The summed E-state index contributed by atoms with van der Waals surface area (Å²) in [5.41, 5.74) is 2.29. The first-order chi connectivity index (χ1) is 19.1. The van der Waals surface area contributed by atoms with E-state index in [4.69, 9.17) is 18.9 Å². The molecule has 4 rings (SSSR count). The maximum atomic E-state index is 13.2. The monoisotopic (exact) mass is 541 g/mol. The van der Waals surface area contributed by atoms with Crippen LogP contribution in [0.1, 0.15) is 61.1 Å². The molecule has 0 N–H and O–H groups in total. The summed E-state index contributed by atoms with van der Waals surface area (Å²) in [5, 5.41) is 9.52. The molecular weight excluding hydrogens is 510 g/mol. The lowest BCUT2D eigenvalue weighted by Gasteiger charge is -2.33. The summed E-state index contributed by atoms with van der Waals surface area (Å²) in [6.07, 6.45) is -3.29. The van der Waals surface area contributed by atoms with E-state index < -0.39 is 41.8 Å². The highest BCUT2D eigenvalue weighted by Crippen LogP contribution is 2.39. The van der Waals surface area contributed by atoms with E-state index in [-0.39, 0.29) is 18.6 Å². The predicted molar refractivity (Wildman–Crippen MR) is 146 cm³/mol. The Morgan fingerprint density at radius 3 is 1.70 bits per heavy atom. The van der Waals surface area contributed by atoms with Crippen molar-refractivity contribution in [3.05, 3.63) is 106 Å². The number of ether oxygens (including phenoxy) is 4. The SMILES string of the molecule is Cc1ccc(C(=O)OCC2O[C@H](CC#N)[C@](C)(OC(=O)c3ccc(C)cc3)[C@@H]2OC(=O)c2ccc(C)cc2)cc1. The quantitative estimate of drug-likeness (QED) is 0.279. The molecule has 206 valence electrons. The van der Waals surface area contributed by atoms with Crippen LogP contribution >= 0.6 is 0 Å². The summed E-state index contributed by atoms with van der Waals surface area (Å²) in [7, 11) is 0. The van der Waals surface area contributed by atoms with Gasteiger partial charge in [0.25, 0.3) is 0 Å². The molecule has 1 heterocycles. The topological polar surface area (TPSA) is 112 Å². The number of rotatable bonds is 8. The van der Waals surface area contributed by atoms with Crippen LogP contribution in [0.3, 0.4) is 0 Å². The van der Waals surface area contributed by atoms with E-state index in [0.717, 1.165) is 16.7 Å². The highest BCUT2D eigenvalue weighted by atomic mass is 16.7. The van der Waals surface area contributed by atoms with Crippen molar-refractivity contribution in [2.75, 3.05) is 6.61 Å². The van der Waals surface area contributed by atoms with Gasteiger partial charge in [-0.25, -0.2) is 14.4 Å². The van der Waals surface area contributed by atoms with Gasteiger partial charge in [-0.1, -0.05) is 53.1 Å². The molecule has 1 aliphatic heterocycles. The molecular formula is C32H31NO7. The molecule has 0 aromatic heterocycles. The first-order valence-electron chi connectivity index (χ1n) is 12.9. The molecule has 0 saturated carbocycles. The smallest absolute Gasteiger partial charge is 0.338 e. The molecule has 0 aliphatic carbocycles. The summed E-state index contributed by atoms with van der Waals surface area (Å²) in [4.78, 5) is 39.1. The fraction of sp³-hybridized carbons (Fsp3) is 0.312. The van der Waals surface area contributed by atoms with E-state index in [1.807, 2.05) is 26.8 Å². The average Bonchev–Trinajstić information content (AvgIpc) is 3.18. The number of carbonyl (C=O) groups excluding carboxylic acids is 3. The highest BCUT2D eigenvalue weighted by Gasteiger charge is 2.59. The molecule has 0 radical (unpaired) electrons. The van der Waals surface area contributed by atoms with E-state index in [1.54, 1.807) is 79.7 Å². The van der Waals surface area contributed by atoms with Gasteiger partial charge in [-0.3, -0.25) is 0 Å². The lowest BCUT2D eigenvalue weighted by molar-refractivity contribution is -0.0869. The van der Waals surface area contributed by atoms with E-state index in [9.17, 15) is 19.6 Å². The van der Waals surface area contributed by atoms with E-state index >= 15 is 0 Å². The Kier molecular flexibility index (Phi) is 8.66. The number of nitriles is 1. The molecule has 1 saturated heterocycles. The maximum Gasteiger partial charge on any atom is 0.338 e. The fourth-order valence-corrected chi connectivity index (χ4v) is 4.50. The second kappa shape index (κ2) is 12.1. The highest BCUT2D eigenvalue weighted by molar-refractivity contribution is 5.91. The molecule has 3 aromatic carbocycles. The normalized spacial score (nSPS) is 21.7. The summed E-state index contributed by atoms with van der Waals surface area (Å²) in [6.45, 7) is 6.97. The minimum atomic E-state index is -1.56. The molecule has 8 nitrogen and oxygen atoms in total.